The van der Waals surface area contributed by atoms with Crippen LogP contribution in [0.4, 0.5) is 9.93 Å². The van der Waals surface area contributed by atoms with Gasteiger partial charge in [-0.05, 0) is 32.4 Å². The molecule has 0 bridgehead atoms. The molecule has 1 N–H and O–H groups in total. The number of ether oxygens (including phenoxy) is 2. The predicted octanol–water partition coefficient (Wildman–Crippen LogP) is 3.70. The minimum atomic E-state index is -0.524. The van der Waals surface area contributed by atoms with E-state index in [9.17, 15) is 4.79 Å². The number of carbonyl (C=O) groups excluding carboxylic acids is 1. The van der Waals surface area contributed by atoms with Crippen LogP contribution in [0, 0.1) is 0 Å². The number of urea groups is 1. The van der Waals surface area contributed by atoms with Gasteiger partial charge in [-0.2, -0.15) is 4.37 Å². The van der Waals surface area contributed by atoms with Gasteiger partial charge in [0, 0.05) is 29.6 Å². The number of fused-ring (bicyclic) bond motifs is 1. The fraction of sp³-hybridized carbons (Fsp3) is 0.500. The summed E-state index contributed by atoms with van der Waals surface area (Å²) in [6.45, 7) is 6.91. The molecule has 8 heteroatoms. The Bertz CT molecular complexity index is 790. The van der Waals surface area contributed by atoms with E-state index >= 15 is 0 Å². The first-order valence-corrected chi connectivity index (χ1v) is 9.42. The molecular formula is C18H24N4O3S. The maximum absolute atomic E-state index is 12.8. The van der Waals surface area contributed by atoms with Crippen LogP contribution in [0.5, 0.6) is 11.5 Å². The van der Waals surface area contributed by atoms with Crippen molar-refractivity contribution in [1.29, 1.82) is 0 Å². The molecule has 0 saturated carbocycles. The van der Waals surface area contributed by atoms with Crippen LogP contribution in [0.3, 0.4) is 0 Å². The average molecular weight is 376 g/mol. The van der Waals surface area contributed by atoms with Crippen molar-refractivity contribution >= 4 is 22.7 Å². The predicted molar refractivity (Wildman–Crippen MR) is 101 cm³/mol. The maximum atomic E-state index is 12.8. The highest BCUT2D eigenvalue weighted by Gasteiger charge is 2.32. The van der Waals surface area contributed by atoms with E-state index in [2.05, 4.69) is 21.6 Å². The van der Waals surface area contributed by atoms with Crippen molar-refractivity contribution in [3.05, 3.63) is 29.6 Å². The largest absolute Gasteiger partial charge is 0.497 e. The van der Waals surface area contributed by atoms with E-state index in [0.29, 0.717) is 18.2 Å². The number of aromatic nitrogens is 2. The van der Waals surface area contributed by atoms with Crippen LogP contribution >= 0.6 is 11.5 Å². The summed E-state index contributed by atoms with van der Waals surface area (Å²) in [4.78, 5) is 18.9. The van der Waals surface area contributed by atoms with E-state index < -0.39 is 5.60 Å². The van der Waals surface area contributed by atoms with E-state index in [1.165, 1.54) is 11.5 Å². The first kappa shape index (κ1) is 18.4. The molecule has 1 aliphatic heterocycles. The van der Waals surface area contributed by atoms with Crippen LogP contribution < -0.4 is 14.8 Å². The van der Waals surface area contributed by atoms with Crippen LogP contribution in [0.1, 0.15) is 38.6 Å². The molecule has 0 aliphatic carbocycles. The third-order valence-corrected chi connectivity index (χ3v) is 4.70. The van der Waals surface area contributed by atoms with Crippen molar-refractivity contribution < 1.29 is 14.3 Å². The molecule has 26 heavy (non-hydrogen) atoms. The summed E-state index contributed by atoms with van der Waals surface area (Å²) >= 11 is 1.21. The zero-order valence-corrected chi connectivity index (χ0v) is 16.4. The average Bonchev–Trinajstić information content (AvgIpc) is 2.96. The summed E-state index contributed by atoms with van der Waals surface area (Å²) in [5.41, 5.74) is 0.416. The lowest BCUT2D eigenvalue weighted by Gasteiger charge is -2.29. The molecule has 1 aliphatic rings. The molecule has 0 unspecified atom stereocenters. The summed E-state index contributed by atoms with van der Waals surface area (Å²) in [6.07, 6.45) is 1.79. The van der Waals surface area contributed by atoms with Crippen molar-refractivity contribution in [2.24, 2.45) is 0 Å². The van der Waals surface area contributed by atoms with Gasteiger partial charge in [-0.3, -0.25) is 5.32 Å². The highest BCUT2D eigenvalue weighted by Crippen LogP contribution is 2.32. The summed E-state index contributed by atoms with van der Waals surface area (Å²) in [5.74, 6) is 2.24. The quantitative estimate of drug-likeness (QED) is 0.880. The maximum Gasteiger partial charge on any atom is 0.324 e. The van der Waals surface area contributed by atoms with Crippen molar-refractivity contribution in [3.63, 3.8) is 0 Å². The topological polar surface area (TPSA) is 76.6 Å². The van der Waals surface area contributed by atoms with Crippen molar-refractivity contribution in [2.45, 2.75) is 45.8 Å². The zero-order valence-electron chi connectivity index (χ0n) is 15.5. The van der Waals surface area contributed by atoms with Gasteiger partial charge in [-0.1, -0.05) is 6.92 Å². The Morgan fingerprint density at radius 3 is 3.00 bits per heavy atom. The molecule has 0 radical (unpaired) electrons. The van der Waals surface area contributed by atoms with Gasteiger partial charge in [-0.15, -0.1) is 0 Å². The molecule has 1 aromatic heterocycles. The number of nitrogens with one attached hydrogen (secondary N) is 1. The molecule has 3 rings (SSSR count). The van der Waals surface area contributed by atoms with Crippen molar-refractivity contribution in [1.82, 2.24) is 14.3 Å². The normalized spacial score (nSPS) is 15.6. The molecule has 7 nitrogen and oxygen atoms in total. The zero-order chi connectivity index (χ0) is 18.7. The fourth-order valence-corrected chi connectivity index (χ4v) is 3.49. The number of methoxy groups -OCH3 is 1. The third kappa shape index (κ3) is 4.24. The van der Waals surface area contributed by atoms with E-state index in [0.717, 1.165) is 35.7 Å². The van der Waals surface area contributed by atoms with E-state index in [4.69, 9.17) is 9.47 Å². The first-order valence-electron chi connectivity index (χ1n) is 8.64. The molecule has 0 spiro atoms. The Balaban J connectivity index is 1.78. The highest BCUT2D eigenvalue weighted by atomic mass is 32.1. The number of benzene rings is 1. The van der Waals surface area contributed by atoms with E-state index in [1.54, 1.807) is 12.0 Å². The van der Waals surface area contributed by atoms with E-state index in [1.807, 2.05) is 32.0 Å². The van der Waals surface area contributed by atoms with Crippen molar-refractivity contribution in [2.75, 3.05) is 19.0 Å². The second kappa shape index (κ2) is 7.49. The standard InChI is InChI=1S/C18H24N4O3S/c1-5-6-15-19-16(26-21-15)20-17(23)22-10-12-7-8-13(24-4)9-14(12)25-18(2,3)11-22/h7-9H,5-6,10-11H2,1-4H3,(H,19,20,21,23). The van der Waals surface area contributed by atoms with Gasteiger partial charge >= 0.3 is 6.03 Å². The number of hydrogen-bond donors (Lipinski definition) is 1. The molecule has 0 atom stereocenters. The lowest BCUT2D eigenvalue weighted by molar-refractivity contribution is 0.0833. The summed E-state index contributed by atoms with van der Waals surface area (Å²) < 4.78 is 15.7. The van der Waals surface area contributed by atoms with Gasteiger partial charge < -0.3 is 14.4 Å². The number of nitrogens with zero attached hydrogens (tertiary/aromatic N) is 3. The van der Waals surface area contributed by atoms with Gasteiger partial charge in [0.15, 0.2) is 0 Å². The smallest absolute Gasteiger partial charge is 0.324 e. The van der Waals surface area contributed by atoms with E-state index in [-0.39, 0.29) is 6.03 Å². The lowest BCUT2D eigenvalue weighted by Crippen LogP contribution is -2.44. The van der Waals surface area contributed by atoms with Crippen LogP contribution in [0.15, 0.2) is 18.2 Å². The SMILES string of the molecule is CCCc1nsc(NC(=O)N2Cc3ccc(OC)cc3OC(C)(C)C2)n1. The van der Waals surface area contributed by atoms with Gasteiger partial charge in [0.1, 0.15) is 22.9 Å². The second-order valence-electron chi connectivity index (χ2n) is 6.89. The first-order chi connectivity index (χ1) is 12.4. The summed E-state index contributed by atoms with van der Waals surface area (Å²) in [6, 6.07) is 5.46. The Kier molecular flexibility index (Phi) is 5.31. The van der Waals surface area contributed by atoms with Gasteiger partial charge in [0.2, 0.25) is 5.13 Å². The number of rotatable bonds is 4. The van der Waals surface area contributed by atoms with Gasteiger partial charge in [-0.25, -0.2) is 9.78 Å². The molecule has 1 aromatic carbocycles. The summed E-state index contributed by atoms with van der Waals surface area (Å²) in [5, 5.41) is 3.39. The summed E-state index contributed by atoms with van der Waals surface area (Å²) in [7, 11) is 1.62. The lowest BCUT2D eigenvalue weighted by atomic mass is 10.1. The molecule has 2 amide bonds. The molecule has 2 heterocycles. The Morgan fingerprint density at radius 1 is 1.46 bits per heavy atom. The van der Waals surface area contributed by atoms with Crippen LogP contribution in [-0.2, 0) is 13.0 Å². The highest BCUT2D eigenvalue weighted by molar-refractivity contribution is 7.09. The minimum absolute atomic E-state index is 0.204. The van der Waals surface area contributed by atoms with Crippen molar-refractivity contribution in [3.8, 4) is 11.5 Å². The Morgan fingerprint density at radius 2 is 2.27 bits per heavy atom. The third-order valence-electron chi connectivity index (χ3n) is 4.04. The number of aryl methyl sites for hydroxylation is 1. The second-order valence-corrected chi connectivity index (χ2v) is 7.64. The minimum Gasteiger partial charge on any atom is -0.497 e. The molecule has 2 aromatic rings. The van der Waals surface area contributed by atoms with Gasteiger partial charge in [0.05, 0.1) is 20.2 Å². The fourth-order valence-electron chi connectivity index (χ4n) is 2.88. The number of anilines is 1. The number of carbonyl (C=O) groups is 1. The monoisotopic (exact) mass is 376 g/mol. The molecule has 0 fully saturated rings. The Labute approximate surface area is 157 Å². The Hall–Kier alpha value is -2.35. The number of hydrogen-bond acceptors (Lipinski definition) is 6. The van der Waals surface area contributed by atoms with Crippen LogP contribution in [0.2, 0.25) is 0 Å². The van der Waals surface area contributed by atoms with Gasteiger partial charge in [0.25, 0.3) is 0 Å². The molecule has 0 saturated heterocycles. The number of amides is 2. The molecule has 140 valence electrons. The van der Waals surface area contributed by atoms with Crippen LogP contribution in [0.25, 0.3) is 0 Å². The molecular weight excluding hydrogens is 352 g/mol. The van der Waals surface area contributed by atoms with Crippen LogP contribution in [-0.4, -0.2) is 39.5 Å².